The van der Waals surface area contributed by atoms with E-state index in [-0.39, 0.29) is 5.69 Å². The molecule has 0 aromatic carbocycles. The van der Waals surface area contributed by atoms with Gasteiger partial charge in [0.05, 0.1) is 5.92 Å². The van der Waals surface area contributed by atoms with Crippen molar-refractivity contribution in [1.29, 1.82) is 0 Å². The number of aromatic nitrogens is 2. The van der Waals surface area contributed by atoms with E-state index >= 15 is 0 Å². The van der Waals surface area contributed by atoms with Crippen molar-refractivity contribution >= 4 is 5.97 Å². The molecular formula is C15H24N2O3. The van der Waals surface area contributed by atoms with Crippen LogP contribution in [0.2, 0.25) is 0 Å². The van der Waals surface area contributed by atoms with Crippen molar-refractivity contribution in [2.45, 2.75) is 54.0 Å². The summed E-state index contributed by atoms with van der Waals surface area (Å²) in [7, 11) is 0. The van der Waals surface area contributed by atoms with Crippen LogP contribution in [0.1, 0.15) is 50.6 Å². The van der Waals surface area contributed by atoms with Gasteiger partial charge in [0.15, 0.2) is 0 Å². The summed E-state index contributed by atoms with van der Waals surface area (Å²) < 4.78 is 1.60. The molecule has 1 N–H and O–H groups in total. The molecule has 1 aromatic heterocycles. The zero-order valence-electron chi connectivity index (χ0n) is 13.1. The second-order valence-electron chi connectivity index (χ2n) is 5.87. The van der Waals surface area contributed by atoms with Crippen molar-refractivity contribution < 1.29 is 9.90 Å². The van der Waals surface area contributed by atoms with Gasteiger partial charge in [-0.15, -0.1) is 0 Å². The molecule has 20 heavy (non-hydrogen) atoms. The second kappa shape index (κ2) is 6.20. The first-order chi connectivity index (χ1) is 9.16. The Labute approximate surface area is 119 Å². The van der Waals surface area contributed by atoms with Crippen molar-refractivity contribution in [3.05, 3.63) is 27.4 Å². The fourth-order valence-corrected chi connectivity index (χ4v) is 2.28. The number of nitrogens with zero attached hydrogens (tertiary/aromatic N) is 2. The van der Waals surface area contributed by atoms with Crippen molar-refractivity contribution in [3.63, 3.8) is 0 Å². The van der Waals surface area contributed by atoms with E-state index in [1.165, 1.54) is 0 Å². The molecule has 0 spiro atoms. The predicted molar refractivity (Wildman–Crippen MR) is 78.0 cm³/mol. The number of hydrogen-bond donors (Lipinski definition) is 1. The standard InChI is InChI=1S/C15H24N2O3/c1-8(2)9(3)7-17-12(6)13(10(4)14(18)19)11(5)16-15(17)20/h8-10H,7H2,1-6H3,(H,18,19). The molecular weight excluding hydrogens is 256 g/mol. The number of hydrogen-bond acceptors (Lipinski definition) is 3. The number of aliphatic carboxylic acids is 1. The van der Waals surface area contributed by atoms with Crippen LogP contribution in [0.3, 0.4) is 0 Å². The minimum Gasteiger partial charge on any atom is -0.481 e. The van der Waals surface area contributed by atoms with Crippen LogP contribution in [0.4, 0.5) is 0 Å². The molecule has 1 heterocycles. The van der Waals surface area contributed by atoms with E-state index in [1.54, 1.807) is 25.3 Å². The molecule has 1 aromatic rings. The van der Waals surface area contributed by atoms with E-state index in [2.05, 4.69) is 25.8 Å². The highest BCUT2D eigenvalue weighted by molar-refractivity contribution is 5.76. The summed E-state index contributed by atoms with van der Waals surface area (Å²) in [6.45, 7) is 12.0. The molecule has 5 heteroatoms. The molecule has 0 aliphatic carbocycles. The molecule has 0 aliphatic rings. The van der Waals surface area contributed by atoms with Gasteiger partial charge in [-0.05, 0) is 32.6 Å². The Morgan fingerprint density at radius 3 is 2.25 bits per heavy atom. The summed E-state index contributed by atoms with van der Waals surface area (Å²) in [5.74, 6) is -0.796. The summed E-state index contributed by atoms with van der Waals surface area (Å²) in [6, 6.07) is 0. The number of rotatable bonds is 5. The summed E-state index contributed by atoms with van der Waals surface area (Å²) in [5, 5.41) is 9.20. The maximum Gasteiger partial charge on any atom is 0.347 e. The first-order valence-electron chi connectivity index (χ1n) is 6.97. The van der Waals surface area contributed by atoms with Crippen LogP contribution in [0.5, 0.6) is 0 Å². The molecule has 0 bridgehead atoms. The first kappa shape index (κ1) is 16.4. The minimum absolute atomic E-state index is 0.297. The van der Waals surface area contributed by atoms with E-state index in [1.807, 2.05) is 0 Å². The number of carbonyl (C=O) groups is 1. The van der Waals surface area contributed by atoms with Gasteiger partial charge < -0.3 is 5.11 Å². The summed E-state index contributed by atoms with van der Waals surface area (Å²) >= 11 is 0. The lowest BCUT2D eigenvalue weighted by Crippen LogP contribution is -2.32. The Balaban J connectivity index is 3.36. The van der Waals surface area contributed by atoms with Crippen LogP contribution in [0.15, 0.2) is 4.79 Å². The molecule has 0 saturated carbocycles. The van der Waals surface area contributed by atoms with Crippen LogP contribution in [0, 0.1) is 25.7 Å². The normalized spacial score (nSPS) is 14.3. The Hall–Kier alpha value is -1.65. The molecule has 112 valence electrons. The Kier molecular flexibility index (Phi) is 5.09. The third-order valence-corrected chi connectivity index (χ3v) is 4.09. The zero-order chi connectivity index (χ0) is 15.6. The highest BCUT2D eigenvalue weighted by Crippen LogP contribution is 2.22. The maximum atomic E-state index is 12.1. The highest BCUT2D eigenvalue weighted by Gasteiger charge is 2.23. The average molecular weight is 280 g/mol. The van der Waals surface area contributed by atoms with E-state index in [0.717, 1.165) is 0 Å². The van der Waals surface area contributed by atoms with Crippen molar-refractivity contribution in [2.75, 3.05) is 0 Å². The van der Waals surface area contributed by atoms with Gasteiger partial charge in [-0.1, -0.05) is 20.8 Å². The third-order valence-electron chi connectivity index (χ3n) is 4.09. The number of aryl methyl sites for hydroxylation is 1. The number of carboxylic acid groups (broad SMARTS) is 1. The minimum atomic E-state index is -0.903. The van der Waals surface area contributed by atoms with Crippen molar-refractivity contribution in [2.24, 2.45) is 11.8 Å². The van der Waals surface area contributed by atoms with Gasteiger partial charge in [0.25, 0.3) is 0 Å². The van der Waals surface area contributed by atoms with Gasteiger partial charge >= 0.3 is 11.7 Å². The van der Waals surface area contributed by atoms with Gasteiger partial charge in [-0.3, -0.25) is 9.36 Å². The van der Waals surface area contributed by atoms with Gasteiger partial charge in [-0.2, -0.15) is 4.98 Å². The van der Waals surface area contributed by atoms with Crippen LogP contribution in [0.25, 0.3) is 0 Å². The van der Waals surface area contributed by atoms with E-state index < -0.39 is 11.9 Å². The molecule has 0 fully saturated rings. The SMILES string of the molecule is Cc1nc(=O)n(CC(C)C(C)C)c(C)c1C(C)C(=O)O. The predicted octanol–water partition coefficient (Wildman–Crippen LogP) is 2.34. The Bertz CT molecular complexity index is 561. The quantitative estimate of drug-likeness (QED) is 0.898. The lowest BCUT2D eigenvalue weighted by molar-refractivity contribution is -0.138. The average Bonchev–Trinajstić information content (AvgIpc) is 2.33. The molecule has 1 rings (SSSR count). The van der Waals surface area contributed by atoms with Gasteiger partial charge in [-0.25, -0.2) is 4.79 Å². The Morgan fingerprint density at radius 2 is 1.80 bits per heavy atom. The van der Waals surface area contributed by atoms with Crippen molar-refractivity contribution in [1.82, 2.24) is 9.55 Å². The van der Waals surface area contributed by atoms with Gasteiger partial charge in [0, 0.05) is 23.5 Å². The van der Waals surface area contributed by atoms with Gasteiger partial charge in [0.1, 0.15) is 0 Å². The van der Waals surface area contributed by atoms with Crippen LogP contribution in [-0.4, -0.2) is 20.6 Å². The van der Waals surface area contributed by atoms with Crippen LogP contribution in [-0.2, 0) is 11.3 Å². The summed E-state index contributed by atoms with van der Waals surface area (Å²) in [6.07, 6.45) is 0. The summed E-state index contributed by atoms with van der Waals surface area (Å²) in [4.78, 5) is 27.3. The molecule has 0 radical (unpaired) electrons. The summed E-state index contributed by atoms with van der Waals surface area (Å²) in [5.41, 5.74) is 1.57. The van der Waals surface area contributed by atoms with E-state index in [4.69, 9.17) is 0 Å². The molecule has 5 nitrogen and oxygen atoms in total. The van der Waals surface area contributed by atoms with Crippen molar-refractivity contribution in [3.8, 4) is 0 Å². The molecule has 2 atom stereocenters. The molecule has 2 unspecified atom stereocenters. The van der Waals surface area contributed by atoms with Crippen LogP contribution < -0.4 is 5.69 Å². The molecule has 0 aliphatic heterocycles. The van der Waals surface area contributed by atoms with Gasteiger partial charge in [0.2, 0.25) is 0 Å². The molecule has 0 amide bonds. The zero-order valence-corrected chi connectivity index (χ0v) is 13.1. The smallest absolute Gasteiger partial charge is 0.347 e. The fourth-order valence-electron chi connectivity index (χ4n) is 2.28. The largest absolute Gasteiger partial charge is 0.481 e. The second-order valence-corrected chi connectivity index (χ2v) is 5.87. The highest BCUT2D eigenvalue weighted by atomic mass is 16.4. The van der Waals surface area contributed by atoms with Crippen LogP contribution >= 0.6 is 0 Å². The first-order valence-corrected chi connectivity index (χ1v) is 6.97. The third kappa shape index (κ3) is 3.26. The monoisotopic (exact) mass is 280 g/mol. The van der Waals surface area contributed by atoms with E-state index in [9.17, 15) is 14.7 Å². The Morgan fingerprint density at radius 1 is 1.25 bits per heavy atom. The number of carboxylic acids is 1. The van der Waals surface area contributed by atoms with E-state index in [0.29, 0.717) is 35.3 Å². The lowest BCUT2D eigenvalue weighted by Gasteiger charge is -2.22. The lowest BCUT2D eigenvalue weighted by atomic mass is 9.96. The molecule has 0 saturated heterocycles. The maximum absolute atomic E-state index is 12.1. The fraction of sp³-hybridized carbons (Fsp3) is 0.667. The topological polar surface area (TPSA) is 72.2 Å².